The summed E-state index contributed by atoms with van der Waals surface area (Å²) in [7, 11) is 1.99. The molecule has 0 aliphatic heterocycles. The maximum atomic E-state index is 12.4. The van der Waals surface area contributed by atoms with Gasteiger partial charge in [0.05, 0.1) is 24.5 Å². The fourth-order valence-electron chi connectivity index (χ4n) is 2.81. The molecule has 1 aliphatic carbocycles. The zero-order valence-corrected chi connectivity index (χ0v) is 13.2. The number of aromatic nitrogens is 3. The van der Waals surface area contributed by atoms with Gasteiger partial charge < -0.3 is 9.88 Å². The van der Waals surface area contributed by atoms with Crippen molar-refractivity contribution < 1.29 is 4.79 Å². The first-order chi connectivity index (χ1) is 10.2. The Hall–Kier alpha value is -1.69. The first kappa shape index (κ1) is 14.3. The Kier molecular flexibility index (Phi) is 4.05. The third-order valence-corrected chi connectivity index (χ3v) is 5.15. The van der Waals surface area contributed by atoms with E-state index >= 15 is 0 Å². The summed E-state index contributed by atoms with van der Waals surface area (Å²) >= 11 is 1.67. The second-order valence-corrected chi connectivity index (χ2v) is 6.62. The lowest BCUT2D eigenvalue weighted by Gasteiger charge is -2.21. The fourth-order valence-corrected chi connectivity index (χ4v) is 3.62. The summed E-state index contributed by atoms with van der Waals surface area (Å²) in [6.45, 7) is 2.63. The van der Waals surface area contributed by atoms with Crippen molar-refractivity contribution in [1.82, 2.24) is 19.9 Å². The minimum Gasteiger partial charge on any atom is -0.349 e. The van der Waals surface area contributed by atoms with Crippen molar-refractivity contribution in [3.63, 3.8) is 0 Å². The molecule has 1 unspecified atom stereocenters. The molecule has 3 rings (SSSR count). The van der Waals surface area contributed by atoms with E-state index in [0.717, 1.165) is 36.4 Å². The summed E-state index contributed by atoms with van der Waals surface area (Å²) < 4.78 is 2.03. The smallest absolute Gasteiger partial charge is 0.229 e. The molecule has 21 heavy (non-hydrogen) atoms. The zero-order chi connectivity index (χ0) is 14.8. The molecule has 1 aliphatic rings. The summed E-state index contributed by atoms with van der Waals surface area (Å²) in [5, 5.41) is 3.99. The molecule has 1 amide bonds. The third-order valence-electron chi connectivity index (χ3n) is 4.01. The van der Waals surface area contributed by atoms with Gasteiger partial charge in [-0.2, -0.15) is 0 Å². The Balaban J connectivity index is 1.66. The Labute approximate surface area is 128 Å². The van der Waals surface area contributed by atoms with Crippen molar-refractivity contribution in [3.8, 4) is 0 Å². The molecule has 5 nitrogen and oxygen atoms in total. The number of aryl methyl sites for hydroxylation is 2. The second-order valence-electron chi connectivity index (χ2n) is 5.42. The van der Waals surface area contributed by atoms with Crippen molar-refractivity contribution in [3.05, 3.63) is 33.8 Å². The lowest BCUT2D eigenvalue weighted by molar-refractivity contribution is -0.123. The maximum absolute atomic E-state index is 12.4. The first-order valence-electron chi connectivity index (χ1n) is 7.40. The van der Waals surface area contributed by atoms with E-state index in [-0.39, 0.29) is 11.8 Å². The summed E-state index contributed by atoms with van der Waals surface area (Å²) in [6.07, 6.45) is 7.64. The van der Waals surface area contributed by atoms with Crippen LogP contribution in [0.2, 0.25) is 0 Å². The molecule has 1 atom stereocenters. The number of hydrogen-bond donors (Lipinski definition) is 1. The summed E-state index contributed by atoms with van der Waals surface area (Å²) in [6, 6.07) is 0. The Morgan fingerprint density at radius 2 is 2.38 bits per heavy atom. The van der Waals surface area contributed by atoms with Gasteiger partial charge in [0.1, 0.15) is 5.01 Å². The van der Waals surface area contributed by atoms with Crippen molar-refractivity contribution in [2.45, 2.75) is 45.1 Å². The number of rotatable bonds is 4. The van der Waals surface area contributed by atoms with Crippen LogP contribution >= 0.6 is 11.3 Å². The molecule has 2 heterocycles. The van der Waals surface area contributed by atoms with Crippen LogP contribution in [-0.2, 0) is 31.2 Å². The zero-order valence-electron chi connectivity index (χ0n) is 12.4. The van der Waals surface area contributed by atoms with E-state index in [9.17, 15) is 4.79 Å². The second kappa shape index (κ2) is 5.97. The van der Waals surface area contributed by atoms with E-state index in [1.165, 1.54) is 10.6 Å². The minimum absolute atomic E-state index is 0.0721. The number of nitrogens with zero attached hydrogens (tertiary/aromatic N) is 3. The predicted molar refractivity (Wildman–Crippen MR) is 82.2 cm³/mol. The molecule has 0 saturated heterocycles. The Bertz CT molecular complexity index is 646. The average molecular weight is 304 g/mol. The van der Waals surface area contributed by atoms with Crippen LogP contribution in [0.3, 0.4) is 0 Å². The Morgan fingerprint density at radius 1 is 1.52 bits per heavy atom. The highest BCUT2D eigenvalue weighted by Crippen LogP contribution is 2.30. The van der Waals surface area contributed by atoms with Crippen LogP contribution in [0.1, 0.15) is 47.0 Å². The molecule has 0 spiro atoms. The molecule has 1 N–H and O–H groups in total. The number of nitrogens with one attached hydrogen (secondary N) is 1. The molecule has 2 aromatic heterocycles. The van der Waals surface area contributed by atoms with Crippen LogP contribution in [0, 0.1) is 0 Å². The van der Waals surface area contributed by atoms with Crippen LogP contribution in [-0.4, -0.2) is 20.4 Å². The largest absolute Gasteiger partial charge is 0.349 e. The minimum atomic E-state index is -0.111. The van der Waals surface area contributed by atoms with Gasteiger partial charge in [0.15, 0.2) is 0 Å². The number of imidazole rings is 1. The molecular formula is C15H20N4OS. The number of carbonyl (C=O) groups is 1. The van der Waals surface area contributed by atoms with Gasteiger partial charge in [-0.3, -0.25) is 4.79 Å². The van der Waals surface area contributed by atoms with Gasteiger partial charge in [-0.05, 0) is 25.7 Å². The summed E-state index contributed by atoms with van der Waals surface area (Å²) in [4.78, 5) is 22.4. The van der Waals surface area contributed by atoms with Crippen LogP contribution < -0.4 is 5.32 Å². The third kappa shape index (κ3) is 2.85. The summed E-state index contributed by atoms with van der Waals surface area (Å²) in [5.74, 6) is -0.0385. The van der Waals surface area contributed by atoms with Gasteiger partial charge in [0, 0.05) is 23.8 Å². The molecule has 0 aromatic carbocycles. The standard InChI is InChI=1S/C15H20N4OS/c1-3-10-7-16-13(21-10)8-17-15(20)11-5-4-6-12-14(11)18-9-19(12)2/h7,9,11H,3-6,8H2,1-2H3,(H,17,20). The molecule has 0 bridgehead atoms. The lowest BCUT2D eigenvalue weighted by Crippen LogP contribution is -2.31. The highest BCUT2D eigenvalue weighted by atomic mass is 32.1. The van der Waals surface area contributed by atoms with E-state index in [1.54, 1.807) is 11.3 Å². The number of hydrogen-bond acceptors (Lipinski definition) is 4. The van der Waals surface area contributed by atoms with E-state index < -0.39 is 0 Å². The molecule has 2 aromatic rings. The van der Waals surface area contributed by atoms with Crippen LogP contribution in [0.5, 0.6) is 0 Å². The monoisotopic (exact) mass is 304 g/mol. The highest BCUT2D eigenvalue weighted by molar-refractivity contribution is 7.11. The van der Waals surface area contributed by atoms with Gasteiger partial charge in [-0.15, -0.1) is 11.3 Å². The average Bonchev–Trinajstić information content (AvgIpc) is 3.12. The SMILES string of the molecule is CCc1cnc(CNC(=O)C2CCCc3c2ncn3C)s1. The van der Waals surface area contributed by atoms with Crippen molar-refractivity contribution in [2.24, 2.45) is 7.05 Å². The van der Waals surface area contributed by atoms with E-state index in [1.807, 2.05) is 24.1 Å². The van der Waals surface area contributed by atoms with Crippen molar-refractivity contribution in [2.75, 3.05) is 0 Å². The van der Waals surface area contributed by atoms with Gasteiger partial charge in [0.2, 0.25) is 5.91 Å². The number of amides is 1. The van der Waals surface area contributed by atoms with Crippen LogP contribution in [0.25, 0.3) is 0 Å². The van der Waals surface area contributed by atoms with Crippen LogP contribution in [0.15, 0.2) is 12.5 Å². The molecule has 0 fully saturated rings. The molecule has 0 saturated carbocycles. The molecule has 6 heteroatoms. The lowest BCUT2D eigenvalue weighted by atomic mass is 9.89. The quantitative estimate of drug-likeness (QED) is 0.942. The molecular weight excluding hydrogens is 284 g/mol. The fraction of sp³-hybridized carbons (Fsp3) is 0.533. The molecule has 112 valence electrons. The van der Waals surface area contributed by atoms with E-state index in [2.05, 4.69) is 22.2 Å². The topological polar surface area (TPSA) is 59.8 Å². The number of carbonyl (C=O) groups excluding carboxylic acids is 1. The van der Waals surface area contributed by atoms with Crippen molar-refractivity contribution in [1.29, 1.82) is 0 Å². The van der Waals surface area contributed by atoms with Gasteiger partial charge in [-0.1, -0.05) is 6.92 Å². The van der Waals surface area contributed by atoms with Crippen LogP contribution in [0.4, 0.5) is 0 Å². The van der Waals surface area contributed by atoms with Gasteiger partial charge in [0.25, 0.3) is 0 Å². The normalized spacial score (nSPS) is 17.5. The predicted octanol–water partition coefficient (Wildman–Crippen LogP) is 2.18. The Morgan fingerprint density at radius 3 is 3.14 bits per heavy atom. The number of fused-ring (bicyclic) bond motifs is 1. The number of thiazole rings is 1. The van der Waals surface area contributed by atoms with Crippen molar-refractivity contribution >= 4 is 17.2 Å². The summed E-state index contributed by atoms with van der Waals surface area (Å²) in [5.41, 5.74) is 2.15. The maximum Gasteiger partial charge on any atom is 0.229 e. The highest BCUT2D eigenvalue weighted by Gasteiger charge is 2.29. The van der Waals surface area contributed by atoms with Gasteiger partial charge in [-0.25, -0.2) is 9.97 Å². The first-order valence-corrected chi connectivity index (χ1v) is 8.22. The van der Waals surface area contributed by atoms with Gasteiger partial charge >= 0.3 is 0 Å². The van der Waals surface area contributed by atoms with E-state index in [4.69, 9.17) is 0 Å². The van der Waals surface area contributed by atoms with E-state index in [0.29, 0.717) is 6.54 Å². The molecule has 0 radical (unpaired) electrons.